The molecule has 2 aromatic rings. The lowest BCUT2D eigenvalue weighted by molar-refractivity contribution is 0.207. The summed E-state index contributed by atoms with van der Waals surface area (Å²) in [7, 11) is 0. The fourth-order valence-electron chi connectivity index (χ4n) is 2.38. The predicted molar refractivity (Wildman–Crippen MR) is 74.0 cm³/mol. The highest BCUT2D eigenvalue weighted by Gasteiger charge is 2.20. The SMILES string of the molecule is Cc1ccc(-c2cnn(C(=O)N3CCCC3)c2)cc1. The molecule has 1 amide bonds. The fraction of sp³-hybridized carbons (Fsp3) is 0.333. The van der Waals surface area contributed by atoms with E-state index in [1.54, 1.807) is 6.20 Å². The monoisotopic (exact) mass is 255 g/mol. The highest BCUT2D eigenvalue weighted by molar-refractivity contribution is 5.77. The van der Waals surface area contributed by atoms with Crippen molar-refractivity contribution in [3.63, 3.8) is 0 Å². The molecule has 1 aliphatic heterocycles. The Labute approximate surface area is 112 Å². The molecule has 4 heteroatoms. The Kier molecular flexibility index (Phi) is 3.07. The summed E-state index contributed by atoms with van der Waals surface area (Å²) in [6.45, 7) is 3.75. The summed E-state index contributed by atoms with van der Waals surface area (Å²) < 4.78 is 1.44. The zero-order valence-electron chi connectivity index (χ0n) is 11.0. The Bertz CT molecular complexity index is 580. The molecule has 19 heavy (non-hydrogen) atoms. The van der Waals surface area contributed by atoms with Crippen molar-refractivity contribution < 1.29 is 4.79 Å². The van der Waals surface area contributed by atoms with E-state index in [2.05, 4.69) is 36.3 Å². The van der Waals surface area contributed by atoms with Gasteiger partial charge in [0.2, 0.25) is 0 Å². The lowest BCUT2D eigenvalue weighted by Crippen LogP contribution is -2.32. The van der Waals surface area contributed by atoms with Crippen LogP contribution in [-0.4, -0.2) is 33.8 Å². The smallest absolute Gasteiger partial charge is 0.323 e. The maximum Gasteiger partial charge on any atom is 0.344 e. The van der Waals surface area contributed by atoms with Crippen molar-refractivity contribution in [1.29, 1.82) is 0 Å². The molecule has 0 radical (unpaired) electrons. The van der Waals surface area contributed by atoms with Gasteiger partial charge in [-0.15, -0.1) is 0 Å². The number of aryl methyl sites for hydroxylation is 1. The summed E-state index contributed by atoms with van der Waals surface area (Å²) in [5.74, 6) is 0. The van der Waals surface area contributed by atoms with Gasteiger partial charge >= 0.3 is 6.03 Å². The van der Waals surface area contributed by atoms with Crippen molar-refractivity contribution >= 4 is 6.03 Å². The molecule has 98 valence electrons. The average Bonchev–Trinajstić information content (AvgIpc) is 3.10. The van der Waals surface area contributed by atoms with Gasteiger partial charge in [0.1, 0.15) is 0 Å². The summed E-state index contributed by atoms with van der Waals surface area (Å²) in [4.78, 5) is 14.0. The highest BCUT2D eigenvalue weighted by Crippen LogP contribution is 2.19. The van der Waals surface area contributed by atoms with Gasteiger partial charge in [-0.3, -0.25) is 0 Å². The minimum Gasteiger partial charge on any atom is -0.323 e. The minimum atomic E-state index is -0.0177. The summed E-state index contributed by atoms with van der Waals surface area (Å²) in [6.07, 6.45) is 5.75. The highest BCUT2D eigenvalue weighted by atomic mass is 16.2. The molecule has 1 aliphatic rings. The second kappa shape index (κ2) is 4.88. The maximum atomic E-state index is 12.2. The molecule has 2 heterocycles. The van der Waals surface area contributed by atoms with E-state index in [0.717, 1.165) is 37.1 Å². The van der Waals surface area contributed by atoms with Crippen molar-refractivity contribution in [3.8, 4) is 11.1 Å². The molecular weight excluding hydrogens is 238 g/mol. The predicted octanol–water partition coefficient (Wildman–Crippen LogP) is 2.92. The molecule has 4 nitrogen and oxygen atoms in total. The Morgan fingerprint density at radius 3 is 2.47 bits per heavy atom. The molecule has 3 rings (SSSR count). The normalized spacial score (nSPS) is 14.9. The number of hydrogen-bond acceptors (Lipinski definition) is 2. The molecule has 0 spiro atoms. The number of benzene rings is 1. The van der Waals surface area contributed by atoms with Crippen LogP contribution in [-0.2, 0) is 0 Å². The zero-order valence-corrected chi connectivity index (χ0v) is 11.0. The number of likely N-dealkylation sites (tertiary alicyclic amines) is 1. The van der Waals surface area contributed by atoms with Gasteiger partial charge in [-0.05, 0) is 25.3 Å². The maximum absolute atomic E-state index is 12.2. The van der Waals surface area contributed by atoms with Gasteiger partial charge in [0.25, 0.3) is 0 Å². The van der Waals surface area contributed by atoms with Crippen molar-refractivity contribution in [2.75, 3.05) is 13.1 Å². The molecule has 1 fully saturated rings. The van der Waals surface area contributed by atoms with Crippen molar-refractivity contribution in [2.45, 2.75) is 19.8 Å². The summed E-state index contributed by atoms with van der Waals surface area (Å²) in [5.41, 5.74) is 3.29. The van der Waals surface area contributed by atoms with Crippen LogP contribution in [0.25, 0.3) is 11.1 Å². The van der Waals surface area contributed by atoms with Gasteiger partial charge in [0.15, 0.2) is 0 Å². The third-order valence-corrected chi connectivity index (χ3v) is 3.54. The van der Waals surface area contributed by atoms with E-state index in [1.807, 2.05) is 11.1 Å². The first-order valence-corrected chi connectivity index (χ1v) is 6.65. The fourth-order valence-corrected chi connectivity index (χ4v) is 2.38. The average molecular weight is 255 g/mol. The first kappa shape index (κ1) is 12.0. The topological polar surface area (TPSA) is 38.1 Å². The quantitative estimate of drug-likeness (QED) is 0.785. The third-order valence-electron chi connectivity index (χ3n) is 3.54. The molecule has 0 unspecified atom stereocenters. The number of nitrogens with zero attached hydrogens (tertiary/aromatic N) is 3. The van der Waals surface area contributed by atoms with Gasteiger partial charge in [0.05, 0.1) is 6.20 Å². The van der Waals surface area contributed by atoms with Crippen LogP contribution in [0, 0.1) is 6.92 Å². The molecule has 0 atom stereocenters. The van der Waals surface area contributed by atoms with Crippen LogP contribution in [0.15, 0.2) is 36.7 Å². The van der Waals surface area contributed by atoms with Gasteiger partial charge in [0, 0.05) is 24.8 Å². The van der Waals surface area contributed by atoms with Crippen LogP contribution in [0.2, 0.25) is 0 Å². The lowest BCUT2D eigenvalue weighted by Gasteiger charge is -2.13. The zero-order chi connectivity index (χ0) is 13.2. The lowest BCUT2D eigenvalue weighted by atomic mass is 10.1. The molecule has 0 aliphatic carbocycles. The van der Waals surface area contributed by atoms with Gasteiger partial charge < -0.3 is 4.90 Å². The van der Waals surface area contributed by atoms with Gasteiger partial charge in [-0.1, -0.05) is 29.8 Å². The number of carbonyl (C=O) groups is 1. The van der Waals surface area contributed by atoms with E-state index in [9.17, 15) is 4.79 Å². The van der Waals surface area contributed by atoms with Gasteiger partial charge in [-0.2, -0.15) is 9.78 Å². The summed E-state index contributed by atoms with van der Waals surface area (Å²) in [6, 6.07) is 8.22. The Morgan fingerprint density at radius 2 is 1.79 bits per heavy atom. The number of amides is 1. The van der Waals surface area contributed by atoms with Crippen LogP contribution in [0.1, 0.15) is 18.4 Å². The molecule has 1 aromatic carbocycles. The number of carbonyl (C=O) groups excluding carboxylic acids is 1. The van der Waals surface area contributed by atoms with Gasteiger partial charge in [-0.25, -0.2) is 4.79 Å². The molecule has 1 aromatic heterocycles. The van der Waals surface area contributed by atoms with Crippen LogP contribution < -0.4 is 0 Å². The Balaban J connectivity index is 1.82. The van der Waals surface area contributed by atoms with Crippen molar-refractivity contribution in [2.24, 2.45) is 0 Å². The number of rotatable bonds is 1. The number of aromatic nitrogens is 2. The van der Waals surface area contributed by atoms with Crippen LogP contribution in [0.5, 0.6) is 0 Å². The number of hydrogen-bond donors (Lipinski definition) is 0. The summed E-state index contributed by atoms with van der Waals surface area (Å²) in [5, 5.41) is 4.18. The molecule has 0 N–H and O–H groups in total. The largest absolute Gasteiger partial charge is 0.344 e. The van der Waals surface area contributed by atoms with Crippen LogP contribution in [0.4, 0.5) is 4.79 Å². The van der Waals surface area contributed by atoms with Crippen LogP contribution >= 0.6 is 0 Å². The second-order valence-electron chi connectivity index (χ2n) is 5.02. The van der Waals surface area contributed by atoms with E-state index in [-0.39, 0.29) is 6.03 Å². The molecule has 1 saturated heterocycles. The third kappa shape index (κ3) is 2.38. The first-order chi connectivity index (χ1) is 9.24. The first-order valence-electron chi connectivity index (χ1n) is 6.65. The Morgan fingerprint density at radius 1 is 1.11 bits per heavy atom. The van der Waals surface area contributed by atoms with Crippen LogP contribution in [0.3, 0.4) is 0 Å². The molecule has 0 saturated carbocycles. The van der Waals surface area contributed by atoms with E-state index >= 15 is 0 Å². The standard InChI is InChI=1S/C15H17N3O/c1-12-4-6-13(7-5-12)14-10-16-18(11-14)15(19)17-8-2-3-9-17/h4-7,10-11H,2-3,8-9H2,1H3. The van der Waals surface area contributed by atoms with Crippen molar-refractivity contribution in [3.05, 3.63) is 42.2 Å². The van der Waals surface area contributed by atoms with E-state index < -0.39 is 0 Å². The summed E-state index contributed by atoms with van der Waals surface area (Å²) >= 11 is 0. The van der Waals surface area contributed by atoms with E-state index in [1.165, 1.54) is 10.2 Å². The van der Waals surface area contributed by atoms with E-state index in [0.29, 0.717) is 0 Å². The van der Waals surface area contributed by atoms with E-state index in [4.69, 9.17) is 0 Å². The van der Waals surface area contributed by atoms with Crippen molar-refractivity contribution in [1.82, 2.24) is 14.7 Å². The Hall–Kier alpha value is -2.10. The minimum absolute atomic E-state index is 0.0177. The molecule has 0 bridgehead atoms. The second-order valence-corrected chi connectivity index (χ2v) is 5.02. The molecular formula is C15H17N3O.